The van der Waals surface area contributed by atoms with Crippen molar-refractivity contribution in [2.75, 3.05) is 0 Å². The molecule has 0 atom stereocenters. The number of amides is 1. The molecule has 1 aromatic heterocycles. The van der Waals surface area contributed by atoms with Gasteiger partial charge in [-0.2, -0.15) is 0 Å². The molecule has 3 aromatic rings. The molecule has 7 heteroatoms. The van der Waals surface area contributed by atoms with E-state index >= 15 is 0 Å². The number of halogens is 2. The van der Waals surface area contributed by atoms with E-state index in [1.807, 2.05) is 36.4 Å². The molecule has 0 saturated carbocycles. The highest BCUT2D eigenvalue weighted by molar-refractivity contribution is 8.26. The Bertz CT molecular complexity index is 1090. The number of thioether (sulfide) groups is 1. The molecule has 1 fully saturated rings. The topological polar surface area (TPSA) is 33.5 Å². The average Bonchev–Trinajstić information content (AvgIpc) is 3.25. The molecule has 1 aliphatic rings. The van der Waals surface area contributed by atoms with Gasteiger partial charge in [-0.25, -0.2) is 0 Å². The first-order valence-corrected chi connectivity index (χ1v) is 10.3. The lowest BCUT2D eigenvalue weighted by Gasteiger charge is -2.14. The van der Waals surface area contributed by atoms with Crippen LogP contribution < -0.4 is 0 Å². The van der Waals surface area contributed by atoms with E-state index in [4.69, 9.17) is 39.8 Å². The zero-order valence-corrected chi connectivity index (χ0v) is 17.5. The molecule has 0 unspecified atom stereocenters. The smallest absolute Gasteiger partial charge is 0.266 e. The first-order chi connectivity index (χ1) is 13.5. The predicted molar refractivity (Wildman–Crippen MR) is 119 cm³/mol. The molecule has 0 bridgehead atoms. The fourth-order valence-corrected chi connectivity index (χ4v) is 4.43. The molecular formula is C21H13Cl2NO2S2. The van der Waals surface area contributed by atoms with Crippen LogP contribution in [0.15, 0.2) is 70.0 Å². The lowest BCUT2D eigenvalue weighted by Crippen LogP contribution is -2.27. The van der Waals surface area contributed by atoms with E-state index in [2.05, 4.69) is 0 Å². The van der Waals surface area contributed by atoms with Crippen molar-refractivity contribution in [2.24, 2.45) is 0 Å². The maximum atomic E-state index is 12.8. The molecule has 2 aromatic carbocycles. The van der Waals surface area contributed by atoms with Gasteiger partial charge in [-0.3, -0.25) is 9.69 Å². The molecule has 140 valence electrons. The SMILES string of the molecule is O=C1/C(=C/c2ccc(-c3cccc(Cl)c3Cl)o2)SC(=S)N1Cc1ccccc1. The molecule has 1 amide bonds. The van der Waals surface area contributed by atoms with Gasteiger partial charge in [0.15, 0.2) is 0 Å². The van der Waals surface area contributed by atoms with E-state index in [9.17, 15) is 4.79 Å². The molecule has 2 heterocycles. The molecule has 0 N–H and O–H groups in total. The Hall–Kier alpha value is -2.05. The zero-order chi connectivity index (χ0) is 19.7. The highest BCUT2D eigenvalue weighted by Gasteiger charge is 2.32. The largest absolute Gasteiger partial charge is 0.457 e. The highest BCUT2D eigenvalue weighted by Crippen LogP contribution is 2.37. The third-order valence-corrected chi connectivity index (χ3v) is 6.37. The molecule has 4 rings (SSSR count). The van der Waals surface area contributed by atoms with Gasteiger partial charge < -0.3 is 4.42 Å². The lowest BCUT2D eigenvalue weighted by molar-refractivity contribution is -0.122. The molecule has 1 aliphatic heterocycles. The van der Waals surface area contributed by atoms with E-state index in [1.54, 1.807) is 35.2 Å². The second-order valence-electron chi connectivity index (χ2n) is 6.06. The van der Waals surface area contributed by atoms with Crippen molar-refractivity contribution < 1.29 is 9.21 Å². The number of benzene rings is 2. The summed E-state index contributed by atoms with van der Waals surface area (Å²) in [6.45, 7) is 0.449. The first kappa shape index (κ1) is 19.3. The number of carbonyl (C=O) groups excluding carboxylic acids is 1. The second kappa shape index (κ2) is 8.13. The predicted octanol–water partition coefficient (Wildman–Crippen LogP) is 6.65. The minimum Gasteiger partial charge on any atom is -0.457 e. The normalized spacial score (nSPS) is 15.6. The average molecular weight is 446 g/mol. The van der Waals surface area contributed by atoms with Gasteiger partial charge in [0, 0.05) is 11.6 Å². The summed E-state index contributed by atoms with van der Waals surface area (Å²) in [6.07, 6.45) is 1.70. The fraction of sp³-hybridized carbons (Fsp3) is 0.0476. The number of rotatable bonds is 4. The third-order valence-electron chi connectivity index (χ3n) is 4.17. The summed E-state index contributed by atoms with van der Waals surface area (Å²) in [5, 5.41) is 0.887. The van der Waals surface area contributed by atoms with Crippen LogP contribution in [-0.2, 0) is 11.3 Å². The van der Waals surface area contributed by atoms with Crippen LogP contribution in [0.4, 0.5) is 0 Å². The van der Waals surface area contributed by atoms with E-state index in [1.165, 1.54) is 11.8 Å². The van der Waals surface area contributed by atoms with E-state index in [0.717, 1.165) is 5.56 Å². The molecule has 1 saturated heterocycles. The second-order valence-corrected chi connectivity index (χ2v) is 8.52. The van der Waals surface area contributed by atoms with E-state index in [0.29, 0.717) is 42.9 Å². The minimum absolute atomic E-state index is 0.127. The summed E-state index contributed by atoms with van der Waals surface area (Å²) in [5.74, 6) is 1.00. The highest BCUT2D eigenvalue weighted by atomic mass is 35.5. The van der Waals surface area contributed by atoms with Gasteiger partial charge in [0.1, 0.15) is 15.8 Å². The van der Waals surface area contributed by atoms with E-state index < -0.39 is 0 Å². The Labute approximate surface area is 181 Å². The van der Waals surface area contributed by atoms with Gasteiger partial charge in [-0.05, 0) is 29.8 Å². The van der Waals surface area contributed by atoms with Crippen LogP contribution in [-0.4, -0.2) is 15.1 Å². The Morgan fingerprint density at radius 2 is 1.82 bits per heavy atom. The minimum atomic E-state index is -0.127. The van der Waals surface area contributed by atoms with Crippen LogP contribution in [0.2, 0.25) is 10.0 Å². The summed E-state index contributed by atoms with van der Waals surface area (Å²) in [7, 11) is 0. The van der Waals surface area contributed by atoms with Crippen molar-refractivity contribution in [1.82, 2.24) is 4.90 Å². The van der Waals surface area contributed by atoms with Crippen LogP contribution in [0.1, 0.15) is 11.3 Å². The number of carbonyl (C=O) groups is 1. The van der Waals surface area contributed by atoms with Crippen molar-refractivity contribution >= 4 is 63.5 Å². The Morgan fingerprint density at radius 3 is 2.61 bits per heavy atom. The van der Waals surface area contributed by atoms with Crippen LogP contribution >= 0.6 is 47.2 Å². The quantitative estimate of drug-likeness (QED) is 0.332. The van der Waals surface area contributed by atoms with Crippen molar-refractivity contribution in [3.63, 3.8) is 0 Å². The van der Waals surface area contributed by atoms with Crippen molar-refractivity contribution in [3.8, 4) is 11.3 Å². The molecule has 0 spiro atoms. The van der Waals surface area contributed by atoms with Gasteiger partial charge in [-0.15, -0.1) is 0 Å². The summed E-state index contributed by atoms with van der Waals surface area (Å²) < 4.78 is 6.39. The Balaban J connectivity index is 1.57. The number of hydrogen-bond acceptors (Lipinski definition) is 4. The summed E-state index contributed by atoms with van der Waals surface area (Å²) >= 11 is 19.0. The van der Waals surface area contributed by atoms with Crippen molar-refractivity contribution in [1.29, 1.82) is 0 Å². The molecule has 28 heavy (non-hydrogen) atoms. The van der Waals surface area contributed by atoms with Crippen molar-refractivity contribution in [2.45, 2.75) is 6.54 Å². The first-order valence-electron chi connectivity index (χ1n) is 8.36. The van der Waals surface area contributed by atoms with Gasteiger partial charge >= 0.3 is 0 Å². The van der Waals surface area contributed by atoms with Crippen LogP contribution in [0.3, 0.4) is 0 Å². The molecule has 0 aliphatic carbocycles. The number of thiocarbonyl (C=S) groups is 1. The third kappa shape index (κ3) is 3.89. The lowest BCUT2D eigenvalue weighted by atomic mass is 10.2. The van der Waals surface area contributed by atoms with Gasteiger partial charge in [0.2, 0.25) is 0 Å². The number of nitrogens with zero attached hydrogens (tertiary/aromatic N) is 1. The fourth-order valence-electron chi connectivity index (χ4n) is 2.80. The zero-order valence-electron chi connectivity index (χ0n) is 14.4. The van der Waals surface area contributed by atoms with Gasteiger partial charge in [0.25, 0.3) is 5.91 Å². The number of furan rings is 1. The Morgan fingerprint density at radius 1 is 1.04 bits per heavy atom. The molecular weight excluding hydrogens is 433 g/mol. The summed E-state index contributed by atoms with van der Waals surface area (Å²) in [4.78, 5) is 14.9. The van der Waals surface area contributed by atoms with Crippen LogP contribution in [0.25, 0.3) is 17.4 Å². The van der Waals surface area contributed by atoms with Gasteiger partial charge in [0.05, 0.1) is 21.5 Å². The molecule has 0 radical (unpaired) electrons. The Kier molecular flexibility index (Phi) is 5.60. The number of hydrogen-bond donors (Lipinski definition) is 0. The summed E-state index contributed by atoms with van der Waals surface area (Å²) in [5.41, 5.74) is 1.72. The molecule has 3 nitrogen and oxygen atoms in total. The van der Waals surface area contributed by atoms with E-state index in [-0.39, 0.29) is 5.91 Å². The van der Waals surface area contributed by atoms with Gasteiger partial charge in [-0.1, -0.05) is 83.6 Å². The van der Waals surface area contributed by atoms with Crippen molar-refractivity contribution in [3.05, 3.63) is 86.9 Å². The monoisotopic (exact) mass is 445 g/mol. The maximum absolute atomic E-state index is 12.8. The summed E-state index contributed by atoms with van der Waals surface area (Å²) in [6, 6.07) is 18.7. The van der Waals surface area contributed by atoms with Crippen LogP contribution in [0, 0.1) is 0 Å². The standard InChI is InChI=1S/C21H13Cl2NO2S2/c22-16-8-4-7-15(19(16)23)17-10-9-14(26-17)11-18-20(25)24(21(27)28-18)12-13-5-2-1-3-6-13/h1-11H,12H2/b18-11-. The maximum Gasteiger partial charge on any atom is 0.266 e. The van der Waals surface area contributed by atoms with Crippen LogP contribution in [0.5, 0.6) is 0 Å².